The van der Waals surface area contributed by atoms with Gasteiger partial charge in [-0.05, 0) is 30.7 Å². The summed E-state index contributed by atoms with van der Waals surface area (Å²) in [6.07, 6.45) is -4.80. The van der Waals surface area contributed by atoms with Crippen molar-refractivity contribution >= 4 is 10.9 Å². The van der Waals surface area contributed by atoms with E-state index in [0.29, 0.717) is 29.6 Å². The smallest absolute Gasteiger partial charge is 0.147 e. The molecule has 31 heavy (non-hydrogen) atoms. The number of nitrogens with zero attached hydrogens (tertiary/aromatic N) is 1. The summed E-state index contributed by atoms with van der Waals surface area (Å²) in [5.41, 5.74) is 1.73. The van der Waals surface area contributed by atoms with Gasteiger partial charge in [-0.3, -0.25) is 0 Å². The van der Waals surface area contributed by atoms with Gasteiger partial charge < -0.3 is 34.5 Å². The quantitative estimate of drug-likeness (QED) is 0.474. The molecule has 0 unspecified atom stereocenters. The van der Waals surface area contributed by atoms with Gasteiger partial charge in [0.25, 0.3) is 0 Å². The van der Waals surface area contributed by atoms with Gasteiger partial charge in [0, 0.05) is 23.7 Å². The minimum Gasteiger partial charge on any atom is -0.494 e. The number of aliphatic hydroxyl groups excluding tert-OH is 4. The highest BCUT2D eigenvalue weighted by Gasteiger charge is 2.44. The highest BCUT2D eigenvalue weighted by atomic mass is 19.1. The lowest BCUT2D eigenvalue weighted by Gasteiger charge is -2.40. The van der Waals surface area contributed by atoms with Gasteiger partial charge in [-0.15, -0.1) is 0 Å². The van der Waals surface area contributed by atoms with Crippen molar-refractivity contribution in [3.63, 3.8) is 0 Å². The van der Waals surface area contributed by atoms with Crippen molar-refractivity contribution in [2.75, 3.05) is 13.2 Å². The molecule has 0 amide bonds. The van der Waals surface area contributed by atoms with Gasteiger partial charge in [0.05, 0.1) is 18.7 Å². The van der Waals surface area contributed by atoms with E-state index in [1.54, 1.807) is 22.9 Å². The molecule has 1 aliphatic heterocycles. The SMILES string of the molecule is CCOc1ccc(Cn2cc([C@@H]3O[C@H](CO)[C@@H](O)[C@H](O)[C@H]3O)c3cccc(F)c32)cc1. The Morgan fingerprint density at radius 3 is 2.45 bits per heavy atom. The van der Waals surface area contributed by atoms with E-state index in [1.807, 2.05) is 31.2 Å². The molecule has 1 aromatic heterocycles. The first-order valence-corrected chi connectivity index (χ1v) is 10.2. The van der Waals surface area contributed by atoms with Crippen molar-refractivity contribution in [1.29, 1.82) is 0 Å². The molecule has 4 N–H and O–H groups in total. The van der Waals surface area contributed by atoms with E-state index < -0.39 is 42.9 Å². The van der Waals surface area contributed by atoms with Crippen molar-refractivity contribution in [3.05, 3.63) is 65.6 Å². The monoisotopic (exact) mass is 431 g/mol. The standard InChI is InChI=1S/C23H26FNO6/c1-2-30-14-8-6-13(7-9-14)10-25-11-16(15-4-3-5-17(24)19(15)25)23-22(29)21(28)20(27)18(12-26)31-23/h3-9,11,18,20-23,26-29H,2,10,12H2,1H3/t18-,20-,21+,22-,23+/m1/s1. The van der Waals surface area contributed by atoms with Crippen molar-refractivity contribution in [2.24, 2.45) is 0 Å². The molecule has 0 aliphatic carbocycles. The number of aliphatic hydroxyl groups is 4. The number of ether oxygens (including phenoxy) is 2. The maximum Gasteiger partial charge on any atom is 0.147 e. The molecule has 3 aromatic rings. The number of fused-ring (bicyclic) bond motifs is 1. The number of para-hydroxylation sites is 1. The Morgan fingerprint density at radius 1 is 1.03 bits per heavy atom. The van der Waals surface area contributed by atoms with Crippen LogP contribution in [0.3, 0.4) is 0 Å². The lowest BCUT2D eigenvalue weighted by molar-refractivity contribution is -0.231. The van der Waals surface area contributed by atoms with E-state index in [1.165, 1.54) is 6.07 Å². The van der Waals surface area contributed by atoms with Crippen LogP contribution < -0.4 is 4.74 Å². The number of benzene rings is 2. The lowest BCUT2D eigenvalue weighted by atomic mass is 9.91. The van der Waals surface area contributed by atoms with Crippen molar-refractivity contribution in [2.45, 2.75) is 44.0 Å². The molecule has 0 spiro atoms. The van der Waals surface area contributed by atoms with Gasteiger partial charge in [-0.25, -0.2) is 4.39 Å². The molecule has 1 aliphatic rings. The summed E-state index contributed by atoms with van der Waals surface area (Å²) in [5, 5.41) is 40.8. The third-order valence-electron chi connectivity index (χ3n) is 5.67. The van der Waals surface area contributed by atoms with Crippen LogP contribution in [0.15, 0.2) is 48.7 Å². The third-order valence-corrected chi connectivity index (χ3v) is 5.67. The summed E-state index contributed by atoms with van der Waals surface area (Å²) in [7, 11) is 0. The lowest BCUT2D eigenvalue weighted by Crippen LogP contribution is -2.55. The zero-order valence-electron chi connectivity index (χ0n) is 17.1. The maximum atomic E-state index is 14.8. The summed E-state index contributed by atoms with van der Waals surface area (Å²) in [6, 6.07) is 12.1. The summed E-state index contributed by atoms with van der Waals surface area (Å²) in [4.78, 5) is 0. The van der Waals surface area contributed by atoms with Crippen LogP contribution in [0.1, 0.15) is 24.2 Å². The van der Waals surface area contributed by atoms with Crippen LogP contribution in [0.5, 0.6) is 5.75 Å². The largest absolute Gasteiger partial charge is 0.494 e. The molecule has 8 heteroatoms. The number of halogens is 1. The number of hydrogen-bond acceptors (Lipinski definition) is 6. The zero-order chi connectivity index (χ0) is 22.1. The summed E-state index contributed by atoms with van der Waals surface area (Å²) >= 11 is 0. The average molecular weight is 431 g/mol. The van der Waals surface area contributed by atoms with E-state index in [0.717, 1.165) is 11.3 Å². The first-order chi connectivity index (χ1) is 14.9. The third kappa shape index (κ3) is 4.05. The van der Waals surface area contributed by atoms with Gasteiger partial charge in [-0.1, -0.05) is 24.3 Å². The molecular weight excluding hydrogens is 405 g/mol. The van der Waals surface area contributed by atoms with Crippen LogP contribution in [-0.2, 0) is 11.3 Å². The van der Waals surface area contributed by atoms with Gasteiger partial charge in [-0.2, -0.15) is 0 Å². The molecule has 7 nitrogen and oxygen atoms in total. The Balaban J connectivity index is 1.73. The fourth-order valence-electron chi connectivity index (χ4n) is 4.11. The molecule has 5 atom stereocenters. The van der Waals surface area contributed by atoms with E-state index in [9.17, 15) is 24.8 Å². The highest BCUT2D eigenvalue weighted by molar-refractivity contribution is 5.85. The summed E-state index contributed by atoms with van der Waals surface area (Å²) < 4.78 is 27.7. The van der Waals surface area contributed by atoms with Crippen LogP contribution in [0.2, 0.25) is 0 Å². The predicted molar refractivity (Wildman–Crippen MR) is 111 cm³/mol. The molecule has 166 valence electrons. The minimum atomic E-state index is -1.51. The van der Waals surface area contributed by atoms with Gasteiger partial charge in [0.1, 0.15) is 42.1 Å². The first-order valence-electron chi connectivity index (χ1n) is 10.2. The van der Waals surface area contributed by atoms with E-state index >= 15 is 0 Å². The van der Waals surface area contributed by atoms with E-state index in [2.05, 4.69) is 0 Å². The second-order valence-corrected chi connectivity index (χ2v) is 7.67. The van der Waals surface area contributed by atoms with Gasteiger partial charge >= 0.3 is 0 Å². The van der Waals surface area contributed by atoms with E-state index in [4.69, 9.17) is 9.47 Å². The Kier molecular flexibility index (Phi) is 6.27. The Bertz CT molecular complexity index is 1030. The minimum absolute atomic E-state index is 0.336. The van der Waals surface area contributed by atoms with Crippen LogP contribution in [0.25, 0.3) is 10.9 Å². The highest BCUT2D eigenvalue weighted by Crippen LogP contribution is 2.37. The molecule has 2 aromatic carbocycles. The second kappa shape index (κ2) is 8.94. The normalized spacial score (nSPS) is 26.3. The number of aromatic nitrogens is 1. The van der Waals surface area contributed by atoms with Crippen molar-refractivity contribution in [3.8, 4) is 5.75 Å². The maximum absolute atomic E-state index is 14.8. The molecule has 0 radical (unpaired) electrons. The first kappa shape index (κ1) is 21.7. The van der Waals surface area contributed by atoms with Crippen LogP contribution in [0.4, 0.5) is 4.39 Å². The molecule has 0 bridgehead atoms. The summed E-state index contributed by atoms with van der Waals surface area (Å²) in [6.45, 7) is 2.31. The Labute approximate surface area is 178 Å². The molecule has 0 saturated carbocycles. The van der Waals surface area contributed by atoms with Gasteiger partial charge in [0.2, 0.25) is 0 Å². The molecule has 1 fully saturated rings. The van der Waals surface area contributed by atoms with Crippen LogP contribution in [0, 0.1) is 5.82 Å². The predicted octanol–water partition coefficient (Wildman–Crippen LogP) is 1.74. The van der Waals surface area contributed by atoms with Gasteiger partial charge in [0.15, 0.2) is 0 Å². The van der Waals surface area contributed by atoms with Crippen LogP contribution in [-0.4, -0.2) is 62.6 Å². The van der Waals surface area contributed by atoms with Crippen molar-refractivity contribution in [1.82, 2.24) is 4.57 Å². The Hall–Kier alpha value is -2.49. The number of rotatable bonds is 6. The molecular formula is C23H26FNO6. The molecule has 1 saturated heterocycles. The fourth-order valence-corrected chi connectivity index (χ4v) is 4.11. The zero-order valence-corrected chi connectivity index (χ0v) is 17.1. The number of hydrogen-bond donors (Lipinski definition) is 4. The Morgan fingerprint density at radius 2 is 1.77 bits per heavy atom. The fraction of sp³-hybridized carbons (Fsp3) is 0.391. The topological polar surface area (TPSA) is 104 Å². The second-order valence-electron chi connectivity index (χ2n) is 7.67. The van der Waals surface area contributed by atoms with Crippen molar-refractivity contribution < 1.29 is 34.3 Å². The van der Waals surface area contributed by atoms with E-state index in [-0.39, 0.29) is 0 Å². The molecule has 4 rings (SSSR count). The summed E-state index contributed by atoms with van der Waals surface area (Å²) in [5.74, 6) is 0.316. The van der Waals surface area contributed by atoms with Crippen LogP contribution >= 0.6 is 0 Å². The molecule has 2 heterocycles. The average Bonchev–Trinajstić information content (AvgIpc) is 3.13.